The predicted molar refractivity (Wildman–Crippen MR) is 88.2 cm³/mol. The minimum absolute atomic E-state index is 0. The van der Waals surface area contributed by atoms with Crippen molar-refractivity contribution in [3.05, 3.63) is 34.3 Å². The summed E-state index contributed by atoms with van der Waals surface area (Å²) in [4.78, 5) is 12.0. The first-order valence-corrected chi connectivity index (χ1v) is 7.70. The van der Waals surface area contributed by atoms with Gasteiger partial charge in [-0.15, -0.1) is 12.4 Å². The van der Waals surface area contributed by atoms with Gasteiger partial charge in [0.15, 0.2) is 0 Å². The van der Waals surface area contributed by atoms with Gasteiger partial charge >= 0.3 is 0 Å². The number of carbonyl (C=O) groups is 1. The first-order valence-electron chi connectivity index (χ1n) is 6.90. The summed E-state index contributed by atoms with van der Waals surface area (Å²) in [6.07, 6.45) is 2.88. The molecule has 1 heterocycles. The van der Waals surface area contributed by atoms with E-state index in [4.69, 9.17) is 0 Å². The summed E-state index contributed by atoms with van der Waals surface area (Å²) in [7, 11) is 0. The van der Waals surface area contributed by atoms with E-state index in [0.717, 1.165) is 36.0 Å². The number of carbonyl (C=O) groups excluding carboxylic acids is 1. The lowest BCUT2D eigenvalue weighted by Crippen LogP contribution is -2.33. The van der Waals surface area contributed by atoms with Crippen LogP contribution < -0.4 is 10.6 Å². The van der Waals surface area contributed by atoms with Gasteiger partial charge in [-0.05, 0) is 56.5 Å². The maximum Gasteiger partial charge on any atom is 0.220 e. The molecule has 0 spiro atoms. The van der Waals surface area contributed by atoms with Gasteiger partial charge in [0.25, 0.3) is 0 Å². The molecule has 2 rings (SSSR count). The molecule has 112 valence electrons. The number of rotatable bonds is 4. The van der Waals surface area contributed by atoms with E-state index in [9.17, 15) is 4.79 Å². The third kappa shape index (κ3) is 5.43. The lowest BCUT2D eigenvalue weighted by atomic mass is 9.94. The molecule has 1 aromatic rings. The van der Waals surface area contributed by atoms with E-state index in [2.05, 4.69) is 26.6 Å². The summed E-state index contributed by atoms with van der Waals surface area (Å²) in [5, 5.41) is 6.41. The zero-order valence-corrected chi connectivity index (χ0v) is 14.1. The second-order valence-corrected chi connectivity index (χ2v) is 6.15. The number of benzene rings is 1. The van der Waals surface area contributed by atoms with Crippen molar-refractivity contribution in [2.45, 2.75) is 32.2 Å². The van der Waals surface area contributed by atoms with Crippen LogP contribution in [0.2, 0.25) is 0 Å². The van der Waals surface area contributed by atoms with Crippen LogP contribution in [-0.2, 0) is 4.79 Å². The van der Waals surface area contributed by atoms with Gasteiger partial charge in [-0.2, -0.15) is 0 Å². The van der Waals surface area contributed by atoms with Crippen LogP contribution >= 0.6 is 28.3 Å². The highest BCUT2D eigenvalue weighted by Crippen LogP contribution is 2.19. The Balaban J connectivity index is 0.00000200. The highest BCUT2D eigenvalue weighted by molar-refractivity contribution is 9.10. The highest BCUT2D eigenvalue weighted by atomic mass is 79.9. The first kappa shape index (κ1) is 17.5. The molecule has 0 bridgehead atoms. The van der Waals surface area contributed by atoms with Crippen molar-refractivity contribution in [3.63, 3.8) is 0 Å². The molecule has 1 atom stereocenters. The average molecular weight is 362 g/mol. The van der Waals surface area contributed by atoms with Gasteiger partial charge in [-0.1, -0.05) is 28.1 Å². The Bertz CT molecular complexity index is 418. The van der Waals surface area contributed by atoms with Gasteiger partial charge in [0, 0.05) is 10.9 Å². The van der Waals surface area contributed by atoms with Gasteiger partial charge in [0.05, 0.1) is 6.04 Å². The summed E-state index contributed by atoms with van der Waals surface area (Å²) in [6, 6.07) is 8.16. The summed E-state index contributed by atoms with van der Waals surface area (Å²) in [6.45, 7) is 4.12. The zero-order valence-electron chi connectivity index (χ0n) is 11.7. The Labute approximate surface area is 135 Å². The average Bonchev–Trinajstić information content (AvgIpc) is 2.40. The third-order valence-corrected chi connectivity index (χ3v) is 4.21. The molecule has 0 radical (unpaired) electrons. The molecule has 1 aliphatic rings. The van der Waals surface area contributed by atoms with Gasteiger partial charge in [0.1, 0.15) is 0 Å². The van der Waals surface area contributed by atoms with E-state index in [0.29, 0.717) is 12.3 Å². The number of amides is 1. The molecule has 0 aliphatic carbocycles. The maximum absolute atomic E-state index is 12.0. The second kappa shape index (κ2) is 8.65. The van der Waals surface area contributed by atoms with Crippen LogP contribution in [0.3, 0.4) is 0 Å². The molecule has 1 unspecified atom stereocenters. The fraction of sp³-hybridized carbons (Fsp3) is 0.533. The van der Waals surface area contributed by atoms with Crippen molar-refractivity contribution in [2.75, 3.05) is 13.1 Å². The Hall–Kier alpha value is -0.580. The molecule has 0 saturated carbocycles. The predicted octanol–water partition coefficient (Wildman–Crippen LogP) is 3.44. The van der Waals surface area contributed by atoms with Crippen molar-refractivity contribution < 1.29 is 4.79 Å². The van der Waals surface area contributed by atoms with Gasteiger partial charge in [0.2, 0.25) is 5.91 Å². The molecule has 1 aromatic carbocycles. The van der Waals surface area contributed by atoms with E-state index >= 15 is 0 Å². The molecular formula is C15H22BrClN2O. The minimum atomic E-state index is 0. The fourth-order valence-corrected chi connectivity index (χ4v) is 2.75. The molecule has 5 heteroatoms. The number of hydrogen-bond acceptors (Lipinski definition) is 2. The Kier molecular flexibility index (Phi) is 7.56. The normalized spacial score (nSPS) is 17.1. The van der Waals surface area contributed by atoms with Crippen molar-refractivity contribution >= 4 is 34.2 Å². The molecule has 20 heavy (non-hydrogen) atoms. The smallest absolute Gasteiger partial charge is 0.220 e. The summed E-state index contributed by atoms with van der Waals surface area (Å²) < 4.78 is 1.06. The van der Waals surface area contributed by atoms with Gasteiger partial charge in [-0.3, -0.25) is 4.79 Å². The van der Waals surface area contributed by atoms with Crippen molar-refractivity contribution in [2.24, 2.45) is 5.92 Å². The van der Waals surface area contributed by atoms with Crippen LogP contribution in [0.4, 0.5) is 0 Å². The molecule has 1 fully saturated rings. The Morgan fingerprint density at radius 2 is 1.95 bits per heavy atom. The monoisotopic (exact) mass is 360 g/mol. The van der Waals surface area contributed by atoms with Crippen molar-refractivity contribution in [1.29, 1.82) is 0 Å². The first-order chi connectivity index (χ1) is 9.15. The molecule has 1 amide bonds. The molecular weight excluding hydrogens is 340 g/mol. The van der Waals surface area contributed by atoms with Crippen molar-refractivity contribution in [1.82, 2.24) is 10.6 Å². The highest BCUT2D eigenvalue weighted by Gasteiger charge is 2.18. The molecule has 3 nitrogen and oxygen atoms in total. The second-order valence-electron chi connectivity index (χ2n) is 5.24. The number of piperidine rings is 1. The van der Waals surface area contributed by atoms with E-state index in [-0.39, 0.29) is 24.4 Å². The Morgan fingerprint density at radius 1 is 1.35 bits per heavy atom. The zero-order chi connectivity index (χ0) is 13.7. The van der Waals surface area contributed by atoms with E-state index < -0.39 is 0 Å². The van der Waals surface area contributed by atoms with Crippen LogP contribution in [0.1, 0.15) is 37.8 Å². The van der Waals surface area contributed by atoms with Crippen molar-refractivity contribution in [3.8, 4) is 0 Å². The summed E-state index contributed by atoms with van der Waals surface area (Å²) in [5.41, 5.74) is 1.14. The lowest BCUT2D eigenvalue weighted by Gasteiger charge is -2.23. The van der Waals surface area contributed by atoms with Gasteiger partial charge in [-0.25, -0.2) is 0 Å². The number of halogens is 2. The van der Waals surface area contributed by atoms with Crippen LogP contribution in [0.15, 0.2) is 28.7 Å². The Morgan fingerprint density at radius 3 is 2.55 bits per heavy atom. The third-order valence-electron chi connectivity index (χ3n) is 3.68. The standard InChI is InChI=1S/C15H21BrN2O.ClH/c1-11(13-2-4-14(16)5-3-13)18-15(19)10-12-6-8-17-9-7-12;/h2-5,11-12,17H,6-10H2,1H3,(H,18,19);1H. The molecule has 0 aromatic heterocycles. The van der Waals surface area contributed by atoms with Crippen LogP contribution in [0.25, 0.3) is 0 Å². The lowest BCUT2D eigenvalue weighted by molar-refractivity contribution is -0.122. The van der Waals surface area contributed by atoms with Gasteiger partial charge < -0.3 is 10.6 Å². The molecule has 1 aliphatic heterocycles. The SMILES string of the molecule is CC(NC(=O)CC1CCNCC1)c1ccc(Br)cc1.Cl. The number of nitrogens with one attached hydrogen (secondary N) is 2. The van der Waals surface area contributed by atoms with E-state index in [1.54, 1.807) is 0 Å². The van der Waals surface area contributed by atoms with Crippen LogP contribution in [0, 0.1) is 5.92 Å². The van der Waals surface area contributed by atoms with E-state index in [1.165, 1.54) is 0 Å². The van der Waals surface area contributed by atoms with Crippen LogP contribution in [-0.4, -0.2) is 19.0 Å². The summed E-state index contributed by atoms with van der Waals surface area (Å²) >= 11 is 3.42. The molecule has 2 N–H and O–H groups in total. The topological polar surface area (TPSA) is 41.1 Å². The quantitative estimate of drug-likeness (QED) is 0.862. The number of hydrogen-bond donors (Lipinski definition) is 2. The minimum Gasteiger partial charge on any atom is -0.350 e. The molecule has 1 saturated heterocycles. The fourth-order valence-electron chi connectivity index (χ4n) is 2.48. The summed E-state index contributed by atoms with van der Waals surface area (Å²) in [5.74, 6) is 0.709. The maximum atomic E-state index is 12.0. The largest absolute Gasteiger partial charge is 0.350 e. The van der Waals surface area contributed by atoms with Crippen LogP contribution in [0.5, 0.6) is 0 Å². The van der Waals surface area contributed by atoms with E-state index in [1.807, 2.05) is 31.2 Å².